The first kappa shape index (κ1) is 16.4. The van der Waals surface area contributed by atoms with E-state index >= 15 is 0 Å². The van der Waals surface area contributed by atoms with E-state index in [4.69, 9.17) is 0 Å². The SMILES string of the molecule is CCCCCCCCSSc1ccccc1[N+](=O)[O-]. The molecule has 0 bridgehead atoms. The largest absolute Gasteiger partial charge is 0.283 e. The second-order valence-electron chi connectivity index (χ2n) is 4.40. The molecule has 0 heterocycles. The van der Waals surface area contributed by atoms with Crippen molar-refractivity contribution in [3.63, 3.8) is 0 Å². The highest BCUT2D eigenvalue weighted by Crippen LogP contribution is 2.37. The summed E-state index contributed by atoms with van der Waals surface area (Å²) >= 11 is 0. The molecule has 0 N–H and O–H groups in total. The minimum Gasteiger partial charge on any atom is -0.258 e. The Morgan fingerprint density at radius 3 is 2.53 bits per heavy atom. The van der Waals surface area contributed by atoms with Crippen molar-refractivity contribution in [2.24, 2.45) is 0 Å². The molecule has 0 amide bonds. The van der Waals surface area contributed by atoms with E-state index in [9.17, 15) is 10.1 Å². The van der Waals surface area contributed by atoms with Crippen LogP contribution in [0.3, 0.4) is 0 Å². The van der Waals surface area contributed by atoms with Crippen LogP contribution in [0.25, 0.3) is 0 Å². The van der Waals surface area contributed by atoms with Gasteiger partial charge in [0.2, 0.25) is 0 Å². The molecule has 106 valence electrons. The van der Waals surface area contributed by atoms with E-state index < -0.39 is 0 Å². The zero-order valence-corrected chi connectivity index (χ0v) is 13.0. The van der Waals surface area contributed by atoms with Gasteiger partial charge in [-0.25, -0.2) is 0 Å². The van der Waals surface area contributed by atoms with E-state index in [1.165, 1.54) is 49.3 Å². The summed E-state index contributed by atoms with van der Waals surface area (Å²) in [7, 11) is 3.23. The fraction of sp³-hybridized carbons (Fsp3) is 0.571. The van der Waals surface area contributed by atoms with E-state index in [1.54, 1.807) is 22.9 Å². The van der Waals surface area contributed by atoms with Gasteiger partial charge in [-0.2, -0.15) is 0 Å². The molecule has 0 aromatic heterocycles. The van der Waals surface area contributed by atoms with Gasteiger partial charge in [-0.3, -0.25) is 10.1 Å². The molecule has 1 aromatic rings. The Bertz CT molecular complexity index is 385. The van der Waals surface area contributed by atoms with Crippen LogP contribution in [0.4, 0.5) is 5.69 Å². The summed E-state index contributed by atoms with van der Waals surface area (Å²) in [6.45, 7) is 2.22. The molecular weight excluding hydrogens is 278 g/mol. The molecule has 1 rings (SSSR count). The molecule has 0 unspecified atom stereocenters. The first-order chi connectivity index (χ1) is 9.25. The van der Waals surface area contributed by atoms with Crippen LogP contribution in [0, 0.1) is 10.1 Å². The number of benzene rings is 1. The van der Waals surface area contributed by atoms with Crippen molar-refractivity contribution in [1.82, 2.24) is 0 Å². The lowest BCUT2D eigenvalue weighted by molar-refractivity contribution is -0.387. The number of unbranched alkanes of at least 4 members (excludes halogenated alkanes) is 5. The number of nitro groups is 1. The summed E-state index contributed by atoms with van der Waals surface area (Å²) in [5.41, 5.74) is 0.211. The summed E-state index contributed by atoms with van der Waals surface area (Å²) in [6, 6.07) is 6.94. The summed E-state index contributed by atoms with van der Waals surface area (Å²) in [4.78, 5) is 11.3. The molecule has 1 aromatic carbocycles. The number of para-hydroxylation sites is 1. The Balaban J connectivity index is 2.17. The van der Waals surface area contributed by atoms with Crippen molar-refractivity contribution in [2.45, 2.75) is 50.3 Å². The Morgan fingerprint density at radius 1 is 1.11 bits per heavy atom. The Labute approximate surface area is 123 Å². The average Bonchev–Trinajstić information content (AvgIpc) is 2.42. The van der Waals surface area contributed by atoms with Gasteiger partial charge in [-0.1, -0.05) is 72.7 Å². The highest BCUT2D eigenvalue weighted by Gasteiger charge is 2.12. The zero-order chi connectivity index (χ0) is 13.9. The van der Waals surface area contributed by atoms with Crippen LogP contribution in [0.2, 0.25) is 0 Å². The lowest BCUT2D eigenvalue weighted by Gasteiger charge is -2.02. The molecular formula is C14H21NO2S2. The quantitative estimate of drug-likeness (QED) is 0.241. The summed E-state index contributed by atoms with van der Waals surface area (Å²) in [6.07, 6.45) is 7.72. The number of hydrogen-bond acceptors (Lipinski definition) is 4. The second-order valence-corrected chi connectivity index (χ2v) is 6.86. The van der Waals surface area contributed by atoms with E-state index in [1.807, 2.05) is 12.1 Å². The molecule has 0 saturated heterocycles. The van der Waals surface area contributed by atoms with Crippen molar-refractivity contribution in [3.05, 3.63) is 34.4 Å². The highest BCUT2D eigenvalue weighted by molar-refractivity contribution is 8.76. The summed E-state index contributed by atoms with van der Waals surface area (Å²) in [5.74, 6) is 1.06. The van der Waals surface area contributed by atoms with Crippen molar-refractivity contribution < 1.29 is 4.92 Å². The van der Waals surface area contributed by atoms with Gasteiger partial charge in [0.25, 0.3) is 5.69 Å². The molecule has 0 saturated carbocycles. The molecule has 0 aliphatic carbocycles. The summed E-state index contributed by atoms with van der Waals surface area (Å²) < 4.78 is 0. The maximum Gasteiger partial charge on any atom is 0.283 e. The van der Waals surface area contributed by atoms with Crippen LogP contribution in [0.1, 0.15) is 45.4 Å². The van der Waals surface area contributed by atoms with Gasteiger partial charge in [0, 0.05) is 11.8 Å². The zero-order valence-electron chi connectivity index (χ0n) is 11.3. The average molecular weight is 299 g/mol. The van der Waals surface area contributed by atoms with E-state index in [-0.39, 0.29) is 10.6 Å². The molecule has 19 heavy (non-hydrogen) atoms. The third-order valence-corrected chi connectivity index (χ3v) is 5.28. The van der Waals surface area contributed by atoms with Crippen molar-refractivity contribution in [1.29, 1.82) is 0 Å². The molecule has 0 radical (unpaired) electrons. The van der Waals surface area contributed by atoms with Crippen LogP contribution in [0.5, 0.6) is 0 Å². The van der Waals surface area contributed by atoms with Gasteiger partial charge in [0.15, 0.2) is 0 Å². The van der Waals surface area contributed by atoms with E-state index in [2.05, 4.69) is 6.92 Å². The van der Waals surface area contributed by atoms with Gasteiger partial charge in [0.1, 0.15) is 0 Å². The Hall–Kier alpha value is -0.680. The fourth-order valence-corrected chi connectivity index (χ4v) is 4.03. The van der Waals surface area contributed by atoms with E-state index in [0.717, 1.165) is 10.6 Å². The fourth-order valence-electron chi connectivity index (χ4n) is 1.72. The van der Waals surface area contributed by atoms with Gasteiger partial charge in [-0.05, 0) is 12.5 Å². The topological polar surface area (TPSA) is 43.1 Å². The predicted molar refractivity (Wildman–Crippen MR) is 84.8 cm³/mol. The first-order valence-corrected chi connectivity index (χ1v) is 9.10. The molecule has 0 aliphatic heterocycles. The monoisotopic (exact) mass is 299 g/mol. The van der Waals surface area contributed by atoms with Crippen LogP contribution in [-0.4, -0.2) is 10.7 Å². The van der Waals surface area contributed by atoms with Crippen LogP contribution in [0.15, 0.2) is 29.2 Å². The molecule has 0 aliphatic rings. The number of nitro benzene ring substituents is 1. The molecule has 5 heteroatoms. The first-order valence-electron chi connectivity index (χ1n) is 6.78. The third-order valence-electron chi connectivity index (χ3n) is 2.79. The maximum absolute atomic E-state index is 10.8. The normalized spacial score (nSPS) is 10.6. The molecule has 0 spiro atoms. The van der Waals surface area contributed by atoms with Crippen molar-refractivity contribution in [3.8, 4) is 0 Å². The second kappa shape index (κ2) is 10.1. The smallest absolute Gasteiger partial charge is 0.258 e. The molecule has 0 fully saturated rings. The standard InChI is InChI=1S/C14H21NO2S2/c1-2-3-4-5-6-9-12-18-19-14-11-8-7-10-13(14)15(16)17/h7-8,10-11H,2-6,9,12H2,1H3. The van der Waals surface area contributed by atoms with Crippen LogP contribution < -0.4 is 0 Å². The molecule has 0 atom stereocenters. The third kappa shape index (κ3) is 6.87. The van der Waals surface area contributed by atoms with Gasteiger partial charge in [-0.15, -0.1) is 0 Å². The van der Waals surface area contributed by atoms with E-state index in [0.29, 0.717) is 0 Å². The highest BCUT2D eigenvalue weighted by atomic mass is 33.1. The lowest BCUT2D eigenvalue weighted by Crippen LogP contribution is -1.89. The van der Waals surface area contributed by atoms with Gasteiger partial charge < -0.3 is 0 Å². The van der Waals surface area contributed by atoms with Crippen molar-refractivity contribution in [2.75, 3.05) is 5.75 Å². The number of hydrogen-bond donors (Lipinski definition) is 0. The van der Waals surface area contributed by atoms with Gasteiger partial charge in [0.05, 0.1) is 9.82 Å². The van der Waals surface area contributed by atoms with Gasteiger partial charge >= 0.3 is 0 Å². The molecule has 3 nitrogen and oxygen atoms in total. The number of nitrogens with zero attached hydrogens (tertiary/aromatic N) is 1. The Morgan fingerprint density at radius 2 is 1.79 bits per heavy atom. The minimum absolute atomic E-state index is 0.211. The van der Waals surface area contributed by atoms with Crippen LogP contribution >= 0.6 is 21.6 Å². The van der Waals surface area contributed by atoms with Crippen LogP contribution in [-0.2, 0) is 0 Å². The number of rotatable bonds is 10. The lowest BCUT2D eigenvalue weighted by atomic mass is 10.1. The maximum atomic E-state index is 10.8. The Kier molecular flexibility index (Phi) is 8.75. The predicted octanol–water partition coefficient (Wildman–Crippen LogP) is 5.70. The van der Waals surface area contributed by atoms with Crippen molar-refractivity contribution >= 4 is 27.3 Å². The minimum atomic E-state index is -0.312. The summed E-state index contributed by atoms with van der Waals surface area (Å²) in [5, 5.41) is 10.8.